The van der Waals surface area contributed by atoms with Gasteiger partial charge < -0.3 is 10.4 Å². The first-order valence-electron chi connectivity index (χ1n) is 12.4. The van der Waals surface area contributed by atoms with E-state index in [1.54, 1.807) is 0 Å². The maximum absolute atomic E-state index is 8.74. The summed E-state index contributed by atoms with van der Waals surface area (Å²) in [7, 11) is -4.67. The van der Waals surface area contributed by atoms with Crippen molar-refractivity contribution in [3.8, 4) is 0 Å². The van der Waals surface area contributed by atoms with Gasteiger partial charge in [-0.3, -0.25) is 14.1 Å². The van der Waals surface area contributed by atoms with Gasteiger partial charge in [0.2, 0.25) is 0 Å². The van der Waals surface area contributed by atoms with Crippen molar-refractivity contribution in [1.29, 1.82) is 0 Å². The minimum absolute atomic E-state index is 0. The molecule has 0 aromatic heterocycles. The van der Waals surface area contributed by atoms with Crippen LogP contribution >= 0.6 is 0 Å². The third-order valence-electron chi connectivity index (χ3n) is 6.25. The summed E-state index contributed by atoms with van der Waals surface area (Å²) >= 11 is 0. The molecule has 0 atom stereocenters. The monoisotopic (exact) mass is 506 g/mol. The predicted molar refractivity (Wildman–Crippen MR) is 144 cm³/mol. The summed E-state index contributed by atoms with van der Waals surface area (Å²) in [6.45, 7) is 5.51. The van der Waals surface area contributed by atoms with E-state index >= 15 is 0 Å². The van der Waals surface area contributed by atoms with Gasteiger partial charge in [-0.05, 0) is 36.3 Å². The van der Waals surface area contributed by atoms with Crippen LogP contribution in [0.5, 0.6) is 0 Å². The lowest BCUT2D eigenvalue weighted by molar-refractivity contribution is 0.254. The number of aliphatic imine (C=N–C) groups is 1. The van der Waals surface area contributed by atoms with E-state index in [1.807, 2.05) is 0 Å². The molecule has 1 aliphatic heterocycles. The van der Waals surface area contributed by atoms with Crippen LogP contribution in [0.25, 0.3) is 0 Å². The molecule has 8 heteroatoms. The fourth-order valence-electron chi connectivity index (χ4n) is 4.58. The van der Waals surface area contributed by atoms with Crippen LogP contribution in [0.2, 0.25) is 0 Å². The van der Waals surface area contributed by atoms with E-state index < -0.39 is 10.4 Å². The van der Waals surface area contributed by atoms with Gasteiger partial charge in [-0.15, -0.1) is 0 Å². The third-order valence-corrected chi connectivity index (χ3v) is 6.25. The van der Waals surface area contributed by atoms with Gasteiger partial charge in [0.1, 0.15) is 0 Å². The third kappa shape index (κ3) is 13.4. The molecule has 0 aliphatic carbocycles. The first-order valence-corrected chi connectivity index (χ1v) is 13.8. The molecule has 3 rings (SSSR count). The van der Waals surface area contributed by atoms with E-state index in [9.17, 15) is 0 Å². The molecule has 0 unspecified atom stereocenters. The first-order chi connectivity index (χ1) is 16.4. The van der Waals surface area contributed by atoms with Crippen molar-refractivity contribution in [2.75, 3.05) is 19.6 Å². The maximum atomic E-state index is 8.74. The van der Waals surface area contributed by atoms with E-state index in [-0.39, 0.29) is 5.48 Å². The minimum Gasteiger partial charge on any atom is -0.412 e. The Balaban J connectivity index is 0.000000927. The number of nitrogens with zero attached hydrogens (tertiary/aromatic N) is 2. The van der Waals surface area contributed by atoms with Crippen molar-refractivity contribution in [1.82, 2.24) is 4.90 Å². The summed E-state index contributed by atoms with van der Waals surface area (Å²) in [4.78, 5) is 7.13. The fourth-order valence-corrected chi connectivity index (χ4v) is 4.58. The van der Waals surface area contributed by atoms with Gasteiger partial charge in [-0.2, -0.15) is 8.42 Å². The molecule has 1 heterocycles. The van der Waals surface area contributed by atoms with Crippen LogP contribution in [0.3, 0.4) is 0 Å². The number of unbranched alkanes of at least 4 members (excludes halogenated alkanes) is 5. The molecule has 2 aromatic carbocycles. The van der Waals surface area contributed by atoms with Crippen LogP contribution in [0.4, 0.5) is 0 Å². The molecule has 1 saturated heterocycles. The number of hydrogen-bond acceptors (Lipinski definition) is 3. The van der Waals surface area contributed by atoms with Crippen molar-refractivity contribution in [3.05, 3.63) is 71.8 Å². The van der Waals surface area contributed by atoms with Crippen molar-refractivity contribution >= 4 is 16.7 Å². The molecular weight excluding hydrogens is 464 g/mol. The Morgan fingerprint density at radius 1 is 0.886 bits per heavy atom. The van der Waals surface area contributed by atoms with E-state index in [0.717, 1.165) is 19.6 Å². The Labute approximate surface area is 211 Å². The Hall–Kier alpha value is -2.26. The van der Waals surface area contributed by atoms with Gasteiger partial charge in [0.25, 0.3) is 0 Å². The molecule has 1 fully saturated rings. The van der Waals surface area contributed by atoms with Gasteiger partial charge >= 0.3 is 10.4 Å². The molecule has 4 N–H and O–H groups in total. The average molecular weight is 507 g/mol. The molecule has 1 aliphatic rings. The molecule has 35 heavy (non-hydrogen) atoms. The molecule has 0 bridgehead atoms. The summed E-state index contributed by atoms with van der Waals surface area (Å²) in [6.07, 6.45) is 12.6. The molecule has 7 nitrogen and oxygen atoms in total. The Kier molecular flexibility index (Phi) is 15.1. The van der Waals surface area contributed by atoms with E-state index in [2.05, 4.69) is 78.8 Å². The molecule has 0 spiro atoms. The summed E-state index contributed by atoms with van der Waals surface area (Å²) < 4.78 is 31.6. The number of hydrogen-bond donors (Lipinski definition) is 2. The van der Waals surface area contributed by atoms with Crippen molar-refractivity contribution in [2.24, 2.45) is 10.9 Å². The highest BCUT2D eigenvalue weighted by Crippen LogP contribution is 2.37. The van der Waals surface area contributed by atoms with Gasteiger partial charge in [0.15, 0.2) is 0 Å². The smallest absolute Gasteiger partial charge is 0.394 e. The van der Waals surface area contributed by atoms with Crippen molar-refractivity contribution in [2.45, 2.75) is 64.2 Å². The molecule has 0 radical (unpaired) electrons. The average Bonchev–Trinajstić information content (AvgIpc) is 2.82. The zero-order valence-electron chi connectivity index (χ0n) is 20.8. The highest BCUT2D eigenvalue weighted by atomic mass is 32.3. The van der Waals surface area contributed by atoms with Crippen LogP contribution in [0.15, 0.2) is 65.7 Å². The van der Waals surface area contributed by atoms with Gasteiger partial charge in [0, 0.05) is 25.6 Å². The summed E-state index contributed by atoms with van der Waals surface area (Å²) in [6, 6.07) is 22.1. The topological polar surface area (TPSA) is 122 Å². The van der Waals surface area contributed by atoms with Crippen LogP contribution in [-0.4, -0.2) is 53.9 Å². The number of piperidine rings is 1. The Morgan fingerprint density at radius 2 is 1.34 bits per heavy atom. The van der Waals surface area contributed by atoms with E-state index in [1.165, 1.54) is 62.5 Å². The van der Waals surface area contributed by atoms with Crippen LogP contribution in [0, 0.1) is 5.92 Å². The maximum Gasteiger partial charge on any atom is 0.394 e. The highest BCUT2D eigenvalue weighted by molar-refractivity contribution is 7.79. The fraction of sp³-hybridized carbons (Fsp3) is 0.519. The molecule has 0 saturated carbocycles. The summed E-state index contributed by atoms with van der Waals surface area (Å²) in [5.41, 5.74) is 2.91. The standard InChI is InChI=1S/C27H38N2.H2O4S.H2O/c1-2-3-4-5-6-13-20-28-23-29-21-18-26(19-22-29)27(24-14-9-7-10-15-24)25-16-11-8-12-17-25;1-5(2,3)4;/h7-12,14-17,23,26-27H,2-6,13,18-22H2,1H3;(H2,1,2,3,4);1H2. The van der Waals surface area contributed by atoms with Crippen LogP contribution in [0.1, 0.15) is 75.3 Å². The SMILES string of the molecule is CCCCCCCCN=CN1CCC(C(c2ccccc2)c2ccccc2)CC1.O.O=S(=O)(O)O. The van der Waals surface area contributed by atoms with Crippen LogP contribution in [-0.2, 0) is 10.4 Å². The van der Waals surface area contributed by atoms with Gasteiger partial charge in [0.05, 0.1) is 6.34 Å². The Bertz CT molecular complexity index is 868. The summed E-state index contributed by atoms with van der Waals surface area (Å²) in [5, 5.41) is 0. The lowest BCUT2D eigenvalue weighted by Gasteiger charge is -2.36. The predicted octanol–water partition coefficient (Wildman–Crippen LogP) is 5.44. The highest BCUT2D eigenvalue weighted by Gasteiger charge is 2.28. The number of benzene rings is 2. The van der Waals surface area contributed by atoms with Crippen molar-refractivity contribution in [3.63, 3.8) is 0 Å². The first kappa shape index (κ1) is 30.8. The molecular formula is C27H42N2O5S. The quantitative estimate of drug-likeness (QED) is 0.182. The van der Waals surface area contributed by atoms with Crippen molar-refractivity contribution < 1.29 is 23.0 Å². The summed E-state index contributed by atoms with van der Waals surface area (Å²) in [5.74, 6) is 1.20. The zero-order valence-corrected chi connectivity index (χ0v) is 21.6. The largest absolute Gasteiger partial charge is 0.412 e. The molecule has 0 amide bonds. The lowest BCUT2D eigenvalue weighted by atomic mass is 9.76. The van der Waals surface area contributed by atoms with E-state index in [4.69, 9.17) is 22.5 Å². The normalized spacial score (nSPS) is 14.5. The molecule has 2 aromatic rings. The Morgan fingerprint density at radius 3 is 1.83 bits per heavy atom. The van der Waals surface area contributed by atoms with E-state index in [0.29, 0.717) is 11.8 Å². The van der Waals surface area contributed by atoms with Crippen LogP contribution < -0.4 is 0 Å². The molecule has 196 valence electrons. The minimum atomic E-state index is -4.67. The number of rotatable bonds is 11. The second-order valence-corrected chi connectivity index (χ2v) is 9.81. The van der Waals surface area contributed by atoms with Gasteiger partial charge in [-0.25, -0.2) is 0 Å². The van der Waals surface area contributed by atoms with Gasteiger partial charge in [-0.1, -0.05) is 99.7 Å². The zero-order chi connectivity index (χ0) is 24.7. The number of likely N-dealkylation sites (tertiary alicyclic amines) is 1. The second-order valence-electron chi connectivity index (χ2n) is 8.91. The lowest BCUT2D eigenvalue weighted by Crippen LogP contribution is -2.35. The second kappa shape index (κ2) is 17.2.